The largest absolute Gasteiger partial charge is 0.496 e. The fraction of sp³-hybridized carbons (Fsp3) is 0.250. The summed E-state index contributed by atoms with van der Waals surface area (Å²) in [7, 11) is 1.46. The first-order valence-electron chi connectivity index (χ1n) is 8.09. The van der Waals surface area contributed by atoms with E-state index in [9.17, 15) is 14.4 Å². The summed E-state index contributed by atoms with van der Waals surface area (Å²) in [5.74, 6) is -0.786. The number of anilines is 1. The van der Waals surface area contributed by atoms with E-state index in [2.05, 4.69) is 5.32 Å². The minimum Gasteiger partial charge on any atom is -0.496 e. The van der Waals surface area contributed by atoms with Gasteiger partial charge in [-0.15, -0.1) is 0 Å². The number of ketones is 1. The highest BCUT2D eigenvalue weighted by molar-refractivity contribution is 5.99. The highest BCUT2D eigenvalue weighted by Crippen LogP contribution is 2.21. The van der Waals surface area contributed by atoms with E-state index in [1.165, 1.54) is 21.0 Å². The Morgan fingerprint density at radius 2 is 1.69 bits per heavy atom. The van der Waals surface area contributed by atoms with Crippen LogP contribution >= 0.6 is 0 Å². The maximum absolute atomic E-state index is 12.3. The number of Topliss-reactive ketones (excluding diaryl/α,β-unsaturated/α-hetero) is 1. The molecular formula is C20H21NO5. The van der Waals surface area contributed by atoms with Crippen molar-refractivity contribution in [3.8, 4) is 5.75 Å². The molecule has 0 aliphatic rings. The van der Waals surface area contributed by atoms with Gasteiger partial charge < -0.3 is 14.8 Å². The number of amides is 1. The molecule has 0 aromatic heterocycles. The molecule has 1 atom stereocenters. The molecule has 2 rings (SSSR count). The van der Waals surface area contributed by atoms with Crippen LogP contribution in [0.1, 0.15) is 40.1 Å². The summed E-state index contributed by atoms with van der Waals surface area (Å²) >= 11 is 0. The van der Waals surface area contributed by atoms with Crippen molar-refractivity contribution in [2.45, 2.75) is 26.9 Å². The molecule has 6 nitrogen and oxygen atoms in total. The van der Waals surface area contributed by atoms with E-state index < -0.39 is 18.0 Å². The number of aryl methyl sites for hydroxylation is 1. The number of rotatable bonds is 6. The van der Waals surface area contributed by atoms with E-state index in [1.807, 2.05) is 13.0 Å². The summed E-state index contributed by atoms with van der Waals surface area (Å²) in [5, 5.41) is 2.65. The Morgan fingerprint density at radius 1 is 1.04 bits per heavy atom. The summed E-state index contributed by atoms with van der Waals surface area (Å²) in [5.41, 5.74) is 2.20. The smallest absolute Gasteiger partial charge is 0.342 e. The lowest BCUT2D eigenvalue weighted by Crippen LogP contribution is -2.30. The van der Waals surface area contributed by atoms with Crippen molar-refractivity contribution in [2.75, 3.05) is 12.4 Å². The first kappa shape index (κ1) is 19.2. The van der Waals surface area contributed by atoms with Crippen molar-refractivity contribution >= 4 is 23.3 Å². The molecule has 0 aliphatic carbocycles. The predicted octanol–water partition coefficient (Wildman–Crippen LogP) is 3.39. The van der Waals surface area contributed by atoms with Crippen molar-refractivity contribution in [1.82, 2.24) is 0 Å². The summed E-state index contributed by atoms with van der Waals surface area (Å²) in [4.78, 5) is 35.8. The number of nitrogens with one attached hydrogen (secondary N) is 1. The first-order chi connectivity index (χ1) is 12.3. The standard InChI is InChI=1S/C20H21NO5/c1-12-5-10-18(25-4)17(11-12)20(24)26-14(3)19(23)21-16-8-6-15(7-9-16)13(2)22/h5-11,14H,1-4H3,(H,21,23)/t14-/m1/s1. The number of methoxy groups -OCH3 is 1. The van der Waals surface area contributed by atoms with Crippen LogP contribution in [0.25, 0.3) is 0 Å². The number of carbonyl (C=O) groups is 3. The number of hydrogen-bond acceptors (Lipinski definition) is 5. The molecule has 26 heavy (non-hydrogen) atoms. The molecule has 0 saturated heterocycles. The molecule has 0 spiro atoms. The van der Waals surface area contributed by atoms with E-state index >= 15 is 0 Å². The van der Waals surface area contributed by atoms with Crippen LogP contribution in [-0.2, 0) is 9.53 Å². The lowest BCUT2D eigenvalue weighted by Gasteiger charge is -2.15. The molecule has 2 aromatic carbocycles. The van der Waals surface area contributed by atoms with Gasteiger partial charge in [0.2, 0.25) is 0 Å². The van der Waals surface area contributed by atoms with Gasteiger partial charge in [-0.25, -0.2) is 4.79 Å². The van der Waals surface area contributed by atoms with Gasteiger partial charge in [-0.3, -0.25) is 9.59 Å². The average molecular weight is 355 g/mol. The zero-order valence-corrected chi connectivity index (χ0v) is 15.2. The molecular weight excluding hydrogens is 334 g/mol. The normalized spacial score (nSPS) is 11.4. The summed E-state index contributed by atoms with van der Waals surface area (Å²) < 4.78 is 10.4. The Hall–Kier alpha value is -3.15. The third-order valence-corrected chi connectivity index (χ3v) is 3.79. The van der Waals surface area contributed by atoms with Crippen LogP contribution in [0.5, 0.6) is 5.75 Å². The van der Waals surface area contributed by atoms with Gasteiger partial charge in [0.25, 0.3) is 5.91 Å². The molecule has 0 bridgehead atoms. The number of ether oxygens (including phenoxy) is 2. The Kier molecular flexibility index (Phi) is 6.11. The zero-order chi connectivity index (χ0) is 19.3. The molecule has 0 unspecified atom stereocenters. The monoisotopic (exact) mass is 355 g/mol. The van der Waals surface area contributed by atoms with Gasteiger partial charge in [0, 0.05) is 11.3 Å². The van der Waals surface area contributed by atoms with E-state index in [4.69, 9.17) is 9.47 Å². The van der Waals surface area contributed by atoms with Gasteiger partial charge >= 0.3 is 5.97 Å². The Morgan fingerprint density at radius 3 is 2.27 bits per heavy atom. The van der Waals surface area contributed by atoms with E-state index in [1.54, 1.807) is 36.4 Å². The Bertz CT molecular complexity index is 827. The SMILES string of the molecule is COc1ccc(C)cc1C(=O)O[C@H](C)C(=O)Nc1ccc(C(C)=O)cc1. The number of hydrogen-bond donors (Lipinski definition) is 1. The van der Waals surface area contributed by atoms with Crippen LogP contribution in [0.4, 0.5) is 5.69 Å². The van der Waals surface area contributed by atoms with Gasteiger partial charge in [0.05, 0.1) is 7.11 Å². The molecule has 0 radical (unpaired) electrons. The van der Waals surface area contributed by atoms with Crippen LogP contribution < -0.4 is 10.1 Å². The lowest BCUT2D eigenvalue weighted by molar-refractivity contribution is -0.123. The molecule has 1 amide bonds. The van der Waals surface area contributed by atoms with Crippen LogP contribution in [0.3, 0.4) is 0 Å². The first-order valence-corrected chi connectivity index (χ1v) is 8.09. The maximum Gasteiger partial charge on any atom is 0.342 e. The summed E-state index contributed by atoms with van der Waals surface area (Å²) in [6.07, 6.45) is -1.000. The Balaban J connectivity index is 2.03. The fourth-order valence-corrected chi connectivity index (χ4v) is 2.29. The quantitative estimate of drug-likeness (QED) is 0.634. The van der Waals surface area contributed by atoms with Crippen molar-refractivity contribution < 1.29 is 23.9 Å². The zero-order valence-electron chi connectivity index (χ0n) is 15.2. The van der Waals surface area contributed by atoms with E-state index in [-0.39, 0.29) is 11.3 Å². The molecule has 0 heterocycles. The van der Waals surface area contributed by atoms with Crippen LogP contribution in [0.2, 0.25) is 0 Å². The van der Waals surface area contributed by atoms with Gasteiger partial charge in [0.15, 0.2) is 11.9 Å². The van der Waals surface area contributed by atoms with Crippen molar-refractivity contribution in [3.05, 3.63) is 59.2 Å². The second-order valence-electron chi connectivity index (χ2n) is 5.87. The molecule has 6 heteroatoms. The molecule has 1 N–H and O–H groups in total. The molecule has 0 saturated carbocycles. The minimum absolute atomic E-state index is 0.0581. The maximum atomic E-state index is 12.3. The van der Waals surface area contributed by atoms with Gasteiger partial charge in [-0.1, -0.05) is 11.6 Å². The van der Waals surface area contributed by atoms with Crippen molar-refractivity contribution in [3.63, 3.8) is 0 Å². The average Bonchev–Trinajstić information content (AvgIpc) is 2.61. The van der Waals surface area contributed by atoms with Gasteiger partial charge in [0.1, 0.15) is 11.3 Å². The van der Waals surface area contributed by atoms with Crippen LogP contribution in [-0.4, -0.2) is 30.9 Å². The highest BCUT2D eigenvalue weighted by atomic mass is 16.5. The van der Waals surface area contributed by atoms with Crippen LogP contribution in [0.15, 0.2) is 42.5 Å². The number of carbonyl (C=O) groups excluding carboxylic acids is 3. The highest BCUT2D eigenvalue weighted by Gasteiger charge is 2.21. The number of benzene rings is 2. The third-order valence-electron chi connectivity index (χ3n) is 3.79. The van der Waals surface area contributed by atoms with E-state index in [0.29, 0.717) is 17.0 Å². The number of esters is 1. The van der Waals surface area contributed by atoms with Gasteiger partial charge in [-0.2, -0.15) is 0 Å². The van der Waals surface area contributed by atoms with Gasteiger partial charge in [-0.05, 0) is 57.2 Å². The van der Waals surface area contributed by atoms with Crippen molar-refractivity contribution in [1.29, 1.82) is 0 Å². The minimum atomic E-state index is -1.000. The lowest BCUT2D eigenvalue weighted by atomic mass is 10.1. The molecule has 0 aliphatic heterocycles. The van der Waals surface area contributed by atoms with Crippen molar-refractivity contribution in [2.24, 2.45) is 0 Å². The second kappa shape index (κ2) is 8.29. The fourth-order valence-electron chi connectivity index (χ4n) is 2.29. The van der Waals surface area contributed by atoms with Crippen LogP contribution in [0, 0.1) is 6.92 Å². The van der Waals surface area contributed by atoms with E-state index in [0.717, 1.165) is 5.56 Å². The predicted molar refractivity (Wildman–Crippen MR) is 97.7 cm³/mol. The third kappa shape index (κ3) is 4.69. The molecule has 136 valence electrons. The summed E-state index contributed by atoms with van der Waals surface area (Å²) in [6, 6.07) is 11.6. The molecule has 0 fully saturated rings. The Labute approximate surface area is 152 Å². The molecule has 2 aromatic rings. The second-order valence-corrected chi connectivity index (χ2v) is 5.87. The summed E-state index contributed by atoms with van der Waals surface area (Å²) in [6.45, 7) is 4.80. The topological polar surface area (TPSA) is 81.7 Å².